The number of benzene rings is 1. The van der Waals surface area contributed by atoms with Crippen molar-refractivity contribution >= 4 is 20.7 Å². The smallest absolute Gasteiger partial charge is 0.229 e. The largest absolute Gasteiger partial charge is 0.322 e. The fraction of sp³-hybridized carbons (Fsp3) is 0.700. The molecule has 136 valence electrons. The molecule has 1 aliphatic rings. The number of hydrogen-bond donors (Lipinski definition) is 0. The third kappa shape index (κ3) is 5.31. The lowest BCUT2D eigenvalue weighted by Crippen LogP contribution is -2.37. The van der Waals surface area contributed by atoms with E-state index in [1.807, 2.05) is 30.3 Å². The summed E-state index contributed by atoms with van der Waals surface area (Å²) >= 11 is 0. The van der Waals surface area contributed by atoms with Crippen LogP contribution < -0.4 is 5.30 Å². The second-order valence-electron chi connectivity index (χ2n) is 9.20. The molecule has 0 aliphatic heterocycles. The molecule has 0 aromatic heterocycles. The van der Waals surface area contributed by atoms with Crippen LogP contribution in [0.4, 0.5) is 0 Å². The van der Waals surface area contributed by atoms with Crippen LogP contribution in [0.5, 0.6) is 0 Å². The van der Waals surface area contributed by atoms with Crippen molar-refractivity contribution in [1.82, 2.24) is 0 Å². The van der Waals surface area contributed by atoms with E-state index in [2.05, 4.69) is 40.4 Å². The van der Waals surface area contributed by atoms with Crippen molar-refractivity contribution in [3.05, 3.63) is 30.3 Å². The van der Waals surface area contributed by atoms with E-state index in [9.17, 15) is 4.57 Å². The Labute approximate surface area is 149 Å². The van der Waals surface area contributed by atoms with E-state index < -0.39 is 15.4 Å². The second kappa shape index (κ2) is 7.89. The SMILES string of the molecule is CC(C)[C@@H]1CC[C@@H](C)C[C@H]1O[P@@](=O)(C[Si](C)(C)C)c1ccccc1. The van der Waals surface area contributed by atoms with Crippen molar-refractivity contribution in [2.24, 2.45) is 17.8 Å². The first-order chi connectivity index (χ1) is 11.1. The van der Waals surface area contributed by atoms with Crippen molar-refractivity contribution < 1.29 is 9.09 Å². The maximum atomic E-state index is 14.0. The minimum atomic E-state index is -2.80. The molecule has 0 bridgehead atoms. The monoisotopic (exact) mass is 366 g/mol. The van der Waals surface area contributed by atoms with Gasteiger partial charge in [0.25, 0.3) is 0 Å². The fourth-order valence-electron chi connectivity index (χ4n) is 3.92. The van der Waals surface area contributed by atoms with Crippen LogP contribution in [-0.2, 0) is 9.09 Å². The van der Waals surface area contributed by atoms with Crippen LogP contribution in [0.2, 0.25) is 19.6 Å². The predicted octanol–water partition coefficient (Wildman–Crippen LogP) is 5.94. The molecule has 1 fully saturated rings. The van der Waals surface area contributed by atoms with Crippen molar-refractivity contribution in [2.45, 2.75) is 65.8 Å². The van der Waals surface area contributed by atoms with Gasteiger partial charge in [0.1, 0.15) is 0 Å². The molecule has 4 atom stereocenters. The highest BCUT2D eigenvalue weighted by Crippen LogP contribution is 2.52. The third-order valence-corrected chi connectivity index (χ3v) is 12.3. The topological polar surface area (TPSA) is 26.3 Å². The Morgan fingerprint density at radius 3 is 2.33 bits per heavy atom. The van der Waals surface area contributed by atoms with Gasteiger partial charge in [-0.2, -0.15) is 0 Å². The Balaban J connectivity index is 2.32. The van der Waals surface area contributed by atoms with E-state index in [0.717, 1.165) is 17.5 Å². The maximum Gasteiger partial charge on any atom is 0.229 e. The first kappa shape index (κ1) is 19.9. The molecule has 1 aliphatic carbocycles. The summed E-state index contributed by atoms with van der Waals surface area (Å²) in [4.78, 5) is 0. The van der Waals surface area contributed by atoms with Crippen molar-refractivity contribution in [3.63, 3.8) is 0 Å². The van der Waals surface area contributed by atoms with E-state index in [4.69, 9.17) is 4.52 Å². The Morgan fingerprint density at radius 1 is 1.17 bits per heavy atom. The highest BCUT2D eigenvalue weighted by Gasteiger charge is 2.40. The lowest BCUT2D eigenvalue weighted by molar-refractivity contribution is 0.0503. The first-order valence-electron chi connectivity index (χ1n) is 9.44. The summed E-state index contributed by atoms with van der Waals surface area (Å²) < 4.78 is 20.6. The predicted molar refractivity (Wildman–Crippen MR) is 108 cm³/mol. The Morgan fingerprint density at radius 2 is 1.79 bits per heavy atom. The molecule has 2 nitrogen and oxygen atoms in total. The molecular weight excluding hydrogens is 331 g/mol. The zero-order valence-electron chi connectivity index (χ0n) is 16.3. The first-order valence-corrected chi connectivity index (χ1v) is 15.0. The summed E-state index contributed by atoms with van der Waals surface area (Å²) in [5, 5.41) is 0.910. The van der Waals surface area contributed by atoms with Crippen molar-refractivity contribution in [1.29, 1.82) is 0 Å². The summed E-state index contributed by atoms with van der Waals surface area (Å²) in [7, 11) is -4.32. The number of hydrogen-bond acceptors (Lipinski definition) is 2. The van der Waals surface area contributed by atoms with Crippen molar-refractivity contribution in [3.8, 4) is 0 Å². The highest BCUT2D eigenvalue weighted by atomic mass is 31.2. The van der Waals surface area contributed by atoms with E-state index in [-0.39, 0.29) is 6.10 Å². The van der Waals surface area contributed by atoms with Gasteiger partial charge < -0.3 is 4.52 Å². The molecule has 0 N–H and O–H groups in total. The van der Waals surface area contributed by atoms with Gasteiger partial charge in [-0.25, -0.2) is 0 Å². The van der Waals surface area contributed by atoms with Gasteiger partial charge in [0.2, 0.25) is 7.37 Å². The average molecular weight is 367 g/mol. The molecule has 24 heavy (non-hydrogen) atoms. The van der Waals surface area contributed by atoms with E-state index in [0.29, 0.717) is 17.8 Å². The molecule has 0 radical (unpaired) electrons. The molecule has 1 aromatic rings. The molecular formula is C20H35O2PSi. The van der Waals surface area contributed by atoms with Gasteiger partial charge in [-0.15, -0.1) is 0 Å². The van der Waals surface area contributed by atoms with Crippen molar-refractivity contribution in [2.75, 3.05) is 5.79 Å². The standard InChI is InChI=1S/C20H35O2PSi/c1-16(2)19-13-12-17(3)14-20(19)22-23(21,15-24(4,5)6)18-10-8-7-9-11-18/h7-11,16-17,19-20H,12-15H2,1-6H3/t17-,19+,20-,23+/m1/s1. The maximum absolute atomic E-state index is 14.0. The molecule has 1 aromatic carbocycles. The van der Waals surface area contributed by atoms with Gasteiger partial charge in [-0.1, -0.05) is 65.0 Å². The van der Waals surface area contributed by atoms with Crippen LogP contribution in [0.25, 0.3) is 0 Å². The van der Waals surface area contributed by atoms with Gasteiger partial charge in [0.05, 0.1) is 14.2 Å². The Bertz CT molecular complexity index is 565. The van der Waals surface area contributed by atoms with Crippen LogP contribution in [0.15, 0.2) is 30.3 Å². The summed E-state index contributed by atoms with van der Waals surface area (Å²) in [5.74, 6) is 2.51. The zero-order valence-corrected chi connectivity index (χ0v) is 18.2. The highest BCUT2D eigenvalue weighted by molar-refractivity contribution is 7.69. The summed E-state index contributed by atoms with van der Waals surface area (Å²) in [5.41, 5.74) is 0. The minimum Gasteiger partial charge on any atom is -0.322 e. The van der Waals surface area contributed by atoms with Crippen LogP contribution in [0.1, 0.15) is 40.0 Å². The van der Waals surface area contributed by atoms with Gasteiger partial charge in [0.15, 0.2) is 0 Å². The van der Waals surface area contributed by atoms with Crippen LogP contribution in [0.3, 0.4) is 0 Å². The van der Waals surface area contributed by atoms with Crippen LogP contribution in [-0.4, -0.2) is 20.0 Å². The molecule has 2 rings (SSSR count). The van der Waals surface area contributed by atoms with Crippen LogP contribution in [0, 0.1) is 17.8 Å². The summed E-state index contributed by atoms with van der Waals surface area (Å²) in [6.45, 7) is 13.7. The van der Waals surface area contributed by atoms with E-state index >= 15 is 0 Å². The van der Waals surface area contributed by atoms with Gasteiger partial charge in [-0.3, -0.25) is 4.57 Å². The van der Waals surface area contributed by atoms with Gasteiger partial charge >= 0.3 is 0 Å². The molecule has 0 spiro atoms. The Hall–Kier alpha value is -0.373. The average Bonchev–Trinajstić information content (AvgIpc) is 2.46. The molecule has 0 heterocycles. The fourth-order valence-corrected chi connectivity index (χ4v) is 11.4. The zero-order chi connectivity index (χ0) is 18.0. The number of rotatable bonds is 6. The van der Waals surface area contributed by atoms with Gasteiger partial charge in [-0.05, 0) is 42.7 Å². The van der Waals surface area contributed by atoms with Gasteiger partial charge in [0, 0.05) is 11.1 Å². The van der Waals surface area contributed by atoms with Crippen LogP contribution >= 0.6 is 7.37 Å². The lowest BCUT2D eigenvalue weighted by atomic mass is 9.75. The van der Waals surface area contributed by atoms with E-state index in [1.54, 1.807) is 0 Å². The Kier molecular flexibility index (Phi) is 6.56. The van der Waals surface area contributed by atoms with E-state index in [1.165, 1.54) is 12.8 Å². The lowest BCUT2D eigenvalue weighted by Gasteiger charge is -2.39. The molecule has 0 unspecified atom stereocenters. The second-order valence-corrected chi connectivity index (χ2v) is 17.7. The molecule has 0 saturated heterocycles. The summed E-state index contributed by atoms with van der Waals surface area (Å²) in [6, 6.07) is 9.95. The molecule has 1 saturated carbocycles. The third-order valence-electron chi connectivity index (χ3n) is 5.10. The normalized spacial score (nSPS) is 27.9. The quantitative estimate of drug-likeness (QED) is 0.460. The summed E-state index contributed by atoms with van der Waals surface area (Å²) in [6.07, 6.45) is 3.65. The minimum absolute atomic E-state index is 0.135. The molecule has 4 heteroatoms. The molecule has 0 amide bonds.